The number of nitrogens with zero attached hydrogens (tertiary/aromatic N) is 2. The van der Waals surface area contributed by atoms with Crippen molar-refractivity contribution in [1.82, 2.24) is 25.9 Å². The normalized spacial score (nSPS) is 39.2. The van der Waals surface area contributed by atoms with Gasteiger partial charge in [-0.05, 0) is 51.0 Å². The molecule has 0 bridgehead atoms. The zero-order valence-electron chi connectivity index (χ0n) is 16.9. The van der Waals surface area contributed by atoms with E-state index in [4.69, 9.17) is 4.84 Å². The zero-order chi connectivity index (χ0) is 20.0. The van der Waals surface area contributed by atoms with Crippen LogP contribution < -0.4 is 16.1 Å². The molecule has 29 heavy (non-hydrogen) atoms. The third-order valence-electron chi connectivity index (χ3n) is 7.40. The second-order valence-electron chi connectivity index (χ2n) is 9.57. The van der Waals surface area contributed by atoms with Gasteiger partial charge in [-0.15, -0.1) is 0 Å². The van der Waals surface area contributed by atoms with E-state index in [9.17, 15) is 13.6 Å². The molecule has 0 aromatic heterocycles. The lowest BCUT2D eigenvalue weighted by atomic mass is 9.91. The van der Waals surface area contributed by atoms with Crippen LogP contribution in [0.25, 0.3) is 0 Å². The second kappa shape index (κ2) is 8.00. The maximum Gasteiger partial charge on any atom is 0.261 e. The fourth-order valence-corrected chi connectivity index (χ4v) is 5.40. The highest BCUT2D eigenvalue weighted by Gasteiger charge is 2.44. The van der Waals surface area contributed by atoms with Crippen LogP contribution in [-0.4, -0.2) is 72.9 Å². The van der Waals surface area contributed by atoms with Gasteiger partial charge in [-0.2, -0.15) is 5.48 Å². The van der Waals surface area contributed by atoms with Gasteiger partial charge in [-0.3, -0.25) is 19.8 Å². The van der Waals surface area contributed by atoms with E-state index in [1.807, 2.05) is 9.80 Å². The van der Waals surface area contributed by atoms with Crippen LogP contribution in [0, 0.1) is 17.8 Å². The summed E-state index contributed by atoms with van der Waals surface area (Å²) in [5, 5.41) is 7.01. The van der Waals surface area contributed by atoms with Crippen LogP contribution in [-0.2, 0) is 9.63 Å². The lowest BCUT2D eigenvalue weighted by Gasteiger charge is -2.38. The first-order valence-electron chi connectivity index (χ1n) is 11.3. The van der Waals surface area contributed by atoms with Gasteiger partial charge in [0.15, 0.2) is 0 Å². The Morgan fingerprint density at radius 2 is 1.83 bits per heavy atom. The molecular formula is C20H33F2N5O2. The van der Waals surface area contributed by atoms with Crippen LogP contribution in [0.5, 0.6) is 0 Å². The highest BCUT2D eigenvalue weighted by Crippen LogP contribution is 2.34. The number of carbonyl (C=O) groups is 1. The molecule has 1 amide bonds. The molecule has 9 heteroatoms. The molecule has 0 aromatic rings. The summed E-state index contributed by atoms with van der Waals surface area (Å²) in [6.07, 6.45) is 5.86. The first-order valence-corrected chi connectivity index (χ1v) is 11.3. The number of piperidine rings is 2. The summed E-state index contributed by atoms with van der Waals surface area (Å²) in [6, 6.07) is 0. The minimum Gasteiger partial charge on any atom is -0.342 e. The van der Waals surface area contributed by atoms with Crippen LogP contribution in [0.4, 0.5) is 8.78 Å². The minimum absolute atomic E-state index is 0.00301. The zero-order valence-corrected chi connectivity index (χ0v) is 16.9. The van der Waals surface area contributed by atoms with Crippen molar-refractivity contribution < 1.29 is 18.4 Å². The molecule has 4 heterocycles. The molecule has 5 fully saturated rings. The molecule has 0 aromatic carbocycles. The number of halogens is 2. The molecule has 3 N–H and O–H groups in total. The van der Waals surface area contributed by atoms with Crippen molar-refractivity contribution >= 4 is 5.91 Å². The summed E-state index contributed by atoms with van der Waals surface area (Å²) in [5.74, 6) is -1.18. The summed E-state index contributed by atoms with van der Waals surface area (Å²) in [7, 11) is 0. The van der Waals surface area contributed by atoms with Gasteiger partial charge in [0, 0.05) is 37.9 Å². The third kappa shape index (κ3) is 4.44. The molecule has 1 saturated carbocycles. The fraction of sp³-hybridized carbons (Fsp3) is 0.950. The number of amides is 1. The Labute approximate surface area is 170 Å². The lowest BCUT2D eigenvalue weighted by Crippen LogP contribution is -2.53. The Morgan fingerprint density at radius 1 is 1.03 bits per heavy atom. The largest absolute Gasteiger partial charge is 0.342 e. The van der Waals surface area contributed by atoms with Gasteiger partial charge < -0.3 is 10.2 Å². The summed E-state index contributed by atoms with van der Waals surface area (Å²) < 4.78 is 27.2. The van der Waals surface area contributed by atoms with Crippen molar-refractivity contribution in [2.75, 3.05) is 32.7 Å². The van der Waals surface area contributed by atoms with Crippen LogP contribution in [0.2, 0.25) is 0 Å². The van der Waals surface area contributed by atoms with Gasteiger partial charge >= 0.3 is 0 Å². The van der Waals surface area contributed by atoms with E-state index in [-0.39, 0.29) is 31.5 Å². The number of hydrogen-bond acceptors (Lipinski definition) is 6. The quantitative estimate of drug-likeness (QED) is 0.641. The van der Waals surface area contributed by atoms with Gasteiger partial charge in [0.25, 0.3) is 5.92 Å². The first kappa shape index (κ1) is 20.1. The number of hydrogen-bond donors (Lipinski definition) is 3. The van der Waals surface area contributed by atoms with Crippen molar-refractivity contribution in [2.24, 2.45) is 17.8 Å². The Balaban J connectivity index is 1.10. The summed E-state index contributed by atoms with van der Waals surface area (Å²) >= 11 is 0. The molecule has 5 aliphatic rings. The fourth-order valence-electron chi connectivity index (χ4n) is 5.40. The molecule has 0 spiro atoms. The SMILES string of the molecule is O=C(C1CC1)N1CCC(C2NOC(C3CCNC(N4CCC(F)(F)C4)C3)N2)CC1. The van der Waals surface area contributed by atoms with Gasteiger partial charge in [0.1, 0.15) is 6.23 Å². The predicted octanol–water partition coefficient (Wildman–Crippen LogP) is 1.08. The molecular weight excluding hydrogens is 380 g/mol. The van der Waals surface area contributed by atoms with E-state index in [0.29, 0.717) is 30.2 Å². The highest BCUT2D eigenvalue weighted by molar-refractivity contribution is 5.81. The van der Waals surface area contributed by atoms with E-state index < -0.39 is 5.92 Å². The minimum atomic E-state index is -2.56. The molecule has 164 valence electrons. The molecule has 1 aliphatic carbocycles. The number of rotatable bonds is 4. The molecule has 4 atom stereocenters. The van der Waals surface area contributed by atoms with Gasteiger partial charge in [-0.1, -0.05) is 0 Å². The summed E-state index contributed by atoms with van der Waals surface area (Å²) in [5.41, 5.74) is 3.18. The third-order valence-corrected chi connectivity index (χ3v) is 7.40. The van der Waals surface area contributed by atoms with E-state index in [1.165, 1.54) is 0 Å². The molecule has 7 nitrogen and oxygen atoms in total. The lowest BCUT2D eigenvalue weighted by molar-refractivity contribution is -0.134. The summed E-state index contributed by atoms with van der Waals surface area (Å²) in [6.45, 7) is 2.81. The topological polar surface area (TPSA) is 68.9 Å². The number of hydroxylamine groups is 1. The van der Waals surface area contributed by atoms with Crippen molar-refractivity contribution in [3.63, 3.8) is 0 Å². The molecule has 4 aliphatic heterocycles. The van der Waals surface area contributed by atoms with E-state index in [1.54, 1.807) is 0 Å². The smallest absolute Gasteiger partial charge is 0.261 e. The standard InChI is InChI=1S/C20H33F2N5O2/c21-20(22)6-10-27(12-20)16-11-15(3-7-23-16)18-24-17(25-29-18)13-4-8-26(9-5-13)19(28)14-1-2-14/h13-18,23-25H,1-12H2. The second-order valence-corrected chi connectivity index (χ2v) is 9.57. The molecule has 0 radical (unpaired) electrons. The maximum atomic E-state index is 13.6. The number of alkyl halides is 2. The molecule has 4 unspecified atom stereocenters. The Hall–Kier alpha value is -0.870. The van der Waals surface area contributed by atoms with Crippen LogP contribution in [0.15, 0.2) is 0 Å². The van der Waals surface area contributed by atoms with Crippen molar-refractivity contribution in [1.29, 1.82) is 0 Å². The summed E-state index contributed by atoms with van der Waals surface area (Å²) in [4.78, 5) is 22.1. The van der Waals surface area contributed by atoms with Crippen LogP contribution >= 0.6 is 0 Å². The van der Waals surface area contributed by atoms with Crippen molar-refractivity contribution in [2.45, 2.75) is 69.4 Å². The van der Waals surface area contributed by atoms with Gasteiger partial charge in [0.05, 0.1) is 18.9 Å². The number of carbonyl (C=O) groups excluding carboxylic acids is 1. The maximum absolute atomic E-state index is 13.6. The van der Waals surface area contributed by atoms with Crippen LogP contribution in [0.1, 0.15) is 44.9 Å². The predicted molar refractivity (Wildman–Crippen MR) is 103 cm³/mol. The highest BCUT2D eigenvalue weighted by atomic mass is 19.3. The number of likely N-dealkylation sites (tertiary alicyclic amines) is 2. The number of nitrogens with one attached hydrogen (secondary N) is 3. The van der Waals surface area contributed by atoms with E-state index in [0.717, 1.165) is 58.2 Å². The molecule has 5 rings (SSSR count). The van der Waals surface area contributed by atoms with Crippen molar-refractivity contribution in [3.05, 3.63) is 0 Å². The monoisotopic (exact) mass is 413 g/mol. The van der Waals surface area contributed by atoms with Crippen molar-refractivity contribution in [3.8, 4) is 0 Å². The van der Waals surface area contributed by atoms with Crippen LogP contribution in [0.3, 0.4) is 0 Å². The Morgan fingerprint density at radius 3 is 2.52 bits per heavy atom. The average molecular weight is 414 g/mol. The average Bonchev–Trinajstić information content (AvgIpc) is 3.35. The van der Waals surface area contributed by atoms with E-state index >= 15 is 0 Å². The first-order chi connectivity index (χ1) is 14.0. The molecule has 4 saturated heterocycles. The Kier molecular flexibility index (Phi) is 5.53. The van der Waals surface area contributed by atoms with E-state index in [2.05, 4.69) is 16.1 Å². The van der Waals surface area contributed by atoms with Gasteiger partial charge in [-0.25, -0.2) is 8.78 Å². The van der Waals surface area contributed by atoms with Gasteiger partial charge in [0.2, 0.25) is 5.91 Å². The Bertz CT molecular complexity index is 612.